The van der Waals surface area contributed by atoms with E-state index in [1.807, 2.05) is 25.7 Å². The Morgan fingerprint density at radius 2 is 2.06 bits per heavy atom. The molecular weight excluding hydrogens is 214 g/mol. The summed E-state index contributed by atoms with van der Waals surface area (Å²) in [5, 5.41) is 7.55. The highest BCUT2D eigenvalue weighted by Gasteiger charge is 2.11. The highest BCUT2D eigenvalue weighted by atomic mass is 16.5. The van der Waals surface area contributed by atoms with E-state index in [2.05, 4.69) is 17.3 Å². The van der Waals surface area contributed by atoms with Crippen LogP contribution in [-0.2, 0) is 18.4 Å². The second-order valence-electron chi connectivity index (χ2n) is 4.40. The lowest BCUT2D eigenvalue weighted by Gasteiger charge is -2.07. The Morgan fingerprint density at radius 1 is 1.29 bits per heavy atom. The Kier molecular flexibility index (Phi) is 6.05. The molecule has 1 rings (SSSR count). The van der Waals surface area contributed by atoms with E-state index in [4.69, 9.17) is 4.74 Å². The predicted molar refractivity (Wildman–Crippen MR) is 71.3 cm³/mol. The number of unbranched alkanes of at least 4 members (excludes halogenated alkanes) is 3. The summed E-state index contributed by atoms with van der Waals surface area (Å²) in [6.45, 7) is 5.75. The molecule has 0 aliphatic heterocycles. The quantitative estimate of drug-likeness (QED) is 0.709. The molecule has 0 unspecified atom stereocenters. The first-order valence-corrected chi connectivity index (χ1v) is 6.48. The monoisotopic (exact) mass is 239 g/mol. The number of hydrogen-bond donors (Lipinski definition) is 1. The topological polar surface area (TPSA) is 39.1 Å². The molecule has 0 fully saturated rings. The van der Waals surface area contributed by atoms with Gasteiger partial charge in [0.05, 0.1) is 12.3 Å². The van der Waals surface area contributed by atoms with Crippen molar-refractivity contribution in [2.24, 2.45) is 7.05 Å². The van der Waals surface area contributed by atoms with Gasteiger partial charge < -0.3 is 10.1 Å². The number of hydrogen-bond acceptors (Lipinski definition) is 3. The van der Waals surface area contributed by atoms with Crippen LogP contribution in [0.25, 0.3) is 0 Å². The lowest BCUT2D eigenvalue weighted by atomic mass is 10.2. The van der Waals surface area contributed by atoms with Gasteiger partial charge in [0.15, 0.2) is 0 Å². The van der Waals surface area contributed by atoms with Crippen LogP contribution in [0.5, 0.6) is 0 Å². The van der Waals surface area contributed by atoms with Crippen LogP contribution >= 0.6 is 0 Å². The maximum atomic E-state index is 5.71. The van der Waals surface area contributed by atoms with Crippen molar-refractivity contribution >= 4 is 5.82 Å². The first-order chi connectivity index (χ1) is 8.20. The third-order valence-electron chi connectivity index (χ3n) is 2.97. The van der Waals surface area contributed by atoms with E-state index in [9.17, 15) is 0 Å². The van der Waals surface area contributed by atoms with Crippen LogP contribution in [0.4, 0.5) is 5.82 Å². The van der Waals surface area contributed by atoms with Crippen LogP contribution in [0.2, 0.25) is 0 Å². The van der Waals surface area contributed by atoms with Gasteiger partial charge in [-0.05, 0) is 13.3 Å². The van der Waals surface area contributed by atoms with Gasteiger partial charge in [-0.25, -0.2) is 0 Å². The Balaban J connectivity index is 2.36. The SMILES string of the molecule is CCCCCCOCc1c(C)nn(C)c1NC. The van der Waals surface area contributed by atoms with Gasteiger partial charge in [-0.3, -0.25) is 4.68 Å². The average Bonchev–Trinajstić information content (AvgIpc) is 2.58. The van der Waals surface area contributed by atoms with Gasteiger partial charge in [0.2, 0.25) is 0 Å². The van der Waals surface area contributed by atoms with Crippen LogP contribution < -0.4 is 5.32 Å². The Morgan fingerprint density at radius 3 is 2.71 bits per heavy atom. The fraction of sp³-hybridized carbons (Fsp3) is 0.769. The molecule has 98 valence electrons. The van der Waals surface area contributed by atoms with E-state index in [1.54, 1.807) is 0 Å². The lowest BCUT2D eigenvalue weighted by molar-refractivity contribution is 0.117. The summed E-state index contributed by atoms with van der Waals surface area (Å²) in [6, 6.07) is 0. The van der Waals surface area contributed by atoms with Crippen LogP contribution in [0.1, 0.15) is 43.9 Å². The van der Waals surface area contributed by atoms with E-state index in [0.717, 1.165) is 24.5 Å². The van der Waals surface area contributed by atoms with Gasteiger partial charge in [0.1, 0.15) is 5.82 Å². The maximum Gasteiger partial charge on any atom is 0.129 e. The number of ether oxygens (including phenoxy) is 1. The number of nitrogens with one attached hydrogen (secondary N) is 1. The van der Waals surface area contributed by atoms with Crippen LogP contribution in [0.3, 0.4) is 0 Å². The van der Waals surface area contributed by atoms with Crippen molar-refractivity contribution in [2.75, 3.05) is 19.0 Å². The van der Waals surface area contributed by atoms with E-state index < -0.39 is 0 Å². The second kappa shape index (κ2) is 7.33. The summed E-state index contributed by atoms with van der Waals surface area (Å²) in [6.07, 6.45) is 4.99. The Labute approximate surface area is 104 Å². The molecule has 0 saturated heterocycles. The smallest absolute Gasteiger partial charge is 0.129 e. The van der Waals surface area contributed by atoms with Crippen molar-refractivity contribution < 1.29 is 4.74 Å². The summed E-state index contributed by atoms with van der Waals surface area (Å²) < 4.78 is 7.58. The van der Waals surface area contributed by atoms with Gasteiger partial charge in [0.25, 0.3) is 0 Å². The van der Waals surface area contributed by atoms with Gasteiger partial charge in [0, 0.05) is 26.3 Å². The molecule has 4 heteroatoms. The highest BCUT2D eigenvalue weighted by molar-refractivity contribution is 5.46. The van der Waals surface area contributed by atoms with Crippen molar-refractivity contribution in [3.8, 4) is 0 Å². The zero-order valence-corrected chi connectivity index (χ0v) is 11.5. The van der Waals surface area contributed by atoms with Crippen molar-refractivity contribution in [1.82, 2.24) is 9.78 Å². The minimum atomic E-state index is 0.655. The minimum absolute atomic E-state index is 0.655. The van der Waals surface area contributed by atoms with Gasteiger partial charge in [-0.1, -0.05) is 26.2 Å². The van der Waals surface area contributed by atoms with Crippen molar-refractivity contribution in [3.05, 3.63) is 11.3 Å². The highest BCUT2D eigenvalue weighted by Crippen LogP contribution is 2.19. The summed E-state index contributed by atoms with van der Waals surface area (Å²) in [7, 11) is 3.87. The van der Waals surface area contributed by atoms with Crippen molar-refractivity contribution in [1.29, 1.82) is 0 Å². The van der Waals surface area contributed by atoms with Gasteiger partial charge in [-0.15, -0.1) is 0 Å². The maximum absolute atomic E-state index is 5.71. The second-order valence-corrected chi connectivity index (χ2v) is 4.40. The molecule has 0 bridgehead atoms. The molecule has 17 heavy (non-hydrogen) atoms. The van der Waals surface area contributed by atoms with E-state index in [-0.39, 0.29) is 0 Å². The van der Waals surface area contributed by atoms with Crippen molar-refractivity contribution in [3.63, 3.8) is 0 Å². The molecule has 0 radical (unpaired) electrons. The Hall–Kier alpha value is -1.03. The zero-order chi connectivity index (χ0) is 12.7. The third kappa shape index (κ3) is 4.04. The molecule has 1 heterocycles. The third-order valence-corrected chi connectivity index (χ3v) is 2.97. The molecule has 0 atom stereocenters. The molecular formula is C13H25N3O. The fourth-order valence-corrected chi connectivity index (χ4v) is 1.99. The molecule has 0 spiro atoms. The molecule has 0 aliphatic carbocycles. The zero-order valence-electron chi connectivity index (χ0n) is 11.5. The summed E-state index contributed by atoms with van der Waals surface area (Å²) in [5.74, 6) is 1.05. The first-order valence-electron chi connectivity index (χ1n) is 6.48. The first kappa shape index (κ1) is 14.0. The van der Waals surface area contributed by atoms with Crippen LogP contribution in [0, 0.1) is 6.92 Å². The standard InChI is InChI=1S/C13H25N3O/c1-5-6-7-8-9-17-10-12-11(2)15-16(4)13(12)14-3/h14H,5-10H2,1-4H3. The molecule has 0 amide bonds. The summed E-state index contributed by atoms with van der Waals surface area (Å²) >= 11 is 0. The molecule has 0 saturated carbocycles. The largest absolute Gasteiger partial charge is 0.377 e. The molecule has 1 aromatic rings. The van der Waals surface area contributed by atoms with E-state index in [0.29, 0.717) is 6.61 Å². The average molecular weight is 239 g/mol. The van der Waals surface area contributed by atoms with Gasteiger partial charge in [-0.2, -0.15) is 5.10 Å². The number of aryl methyl sites for hydroxylation is 2. The molecule has 0 aromatic carbocycles. The normalized spacial score (nSPS) is 10.8. The minimum Gasteiger partial charge on any atom is -0.377 e. The van der Waals surface area contributed by atoms with Crippen molar-refractivity contribution in [2.45, 2.75) is 46.1 Å². The predicted octanol–water partition coefficient (Wildman–Crippen LogP) is 2.87. The summed E-state index contributed by atoms with van der Waals surface area (Å²) in [4.78, 5) is 0. The molecule has 1 N–H and O–H groups in total. The summed E-state index contributed by atoms with van der Waals surface area (Å²) in [5.41, 5.74) is 2.22. The fourth-order valence-electron chi connectivity index (χ4n) is 1.99. The van der Waals surface area contributed by atoms with Crippen LogP contribution in [0.15, 0.2) is 0 Å². The number of aromatic nitrogens is 2. The lowest BCUT2D eigenvalue weighted by Crippen LogP contribution is -2.02. The van der Waals surface area contributed by atoms with Gasteiger partial charge >= 0.3 is 0 Å². The molecule has 0 aliphatic rings. The molecule has 1 aromatic heterocycles. The number of anilines is 1. The van der Waals surface area contributed by atoms with E-state index >= 15 is 0 Å². The van der Waals surface area contributed by atoms with Crippen LogP contribution in [-0.4, -0.2) is 23.4 Å². The number of rotatable bonds is 8. The van der Waals surface area contributed by atoms with E-state index in [1.165, 1.54) is 24.8 Å². The number of nitrogens with zero attached hydrogens (tertiary/aromatic N) is 2. The Bertz CT molecular complexity index is 334. The molecule has 4 nitrogen and oxygen atoms in total.